The largest absolute Gasteiger partial charge is 0.348 e. The van der Waals surface area contributed by atoms with Crippen LogP contribution in [-0.2, 0) is 16.1 Å². The molecule has 152 valence electrons. The molecule has 8 heteroatoms. The van der Waals surface area contributed by atoms with E-state index in [1.807, 2.05) is 30.3 Å². The second kappa shape index (κ2) is 8.06. The molecular weight excluding hydrogens is 370 g/mol. The summed E-state index contributed by atoms with van der Waals surface area (Å²) in [4.78, 5) is 40.0. The Hall–Kier alpha value is -3.16. The summed E-state index contributed by atoms with van der Waals surface area (Å²) >= 11 is 0. The molecule has 4 rings (SSSR count). The molecule has 1 atom stereocenters. The summed E-state index contributed by atoms with van der Waals surface area (Å²) in [6.45, 7) is 3.69. The third-order valence-electron chi connectivity index (χ3n) is 5.54. The summed E-state index contributed by atoms with van der Waals surface area (Å²) in [5.41, 5.74) is 1.66. The molecule has 1 N–H and O–H groups in total. The molecular formula is C21H25N5O3. The topological polar surface area (TPSA) is 87.5 Å². The summed E-state index contributed by atoms with van der Waals surface area (Å²) in [6.07, 6.45) is 4.88. The molecule has 0 radical (unpaired) electrons. The third-order valence-corrected chi connectivity index (χ3v) is 5.54. The molecule has 0 unspecified atom stereocenters. The third kappa shape index (κ3) is 4.16. The highest BCUT2D eigenvalue weighted by Gasteiger charge is 2.37. The summed E-state index contributed by atoms with van der Waals surface area (Å²) in [5, 5.41) is 7.25. The molecule has 2 aliphatic heterocycles. The summed E-state index contributed by atoms with van der Waals surface area (Å²) in [6, 6.07) is 9.49. The van der Waals surface area contributed by atoms with Gasteiger partial charge in [0, 0.05) is 32.8 Å². The minimum absolute atomic E-state index is 0.0689. The maximum absolute atomic E-state index is 12.6. The van der Waals surface area contributed by atoms with Crippen LogP contribution in [0.4, 0.5) is 0 Å². The fourth-order valence-corrected chi connectivity index (χ4v) is 3.96. The smallest absolute Gasteiger partial charge is 0.257 e. The predicted octanol–water partition coefficient (Wildman–Crippen LogP) is 0.883. The number of rotatable bonds is 5. The van der Waals surface area contributed by atoms with Gasteiger partial charge in [-0.2, -0.15) is 5.10 Å². The molecule has 1 aromatic carbocycles. The van der Waals surface area contributed by atoms with E-state index in [9.17, 15) is 14.4 Å². The van der Waals surface area contributed by atoms with Crippen LogP contribution < -0.4 is 5.32 Å². The van der Waals surface area contributed by atoms with E-state index in [1.54, 1.807) is 26.9 Å². The first-order chi connectivity index (χ1) is 14.0. The number of carbonyl (C=O) groups excluding carboxylic acids is 3. The number of benzene rings is 1. The first-order valence-electron chi connectivity index (χ1n) is 9.94. The van der Waals surface area contributed by atoms with Crippen LogP contribution in [0, 0.1) is 0 Å². The van der Waals surface area contributed by atoms with E-state index in [2.05, 4.69) is 10.4 Å². The lowest BCUT2D eigenvalue weighted by molar-refractivity contribution is -0.137. The summed E-state index contributed by atoms with van der Waals surface area (Å²) in [5.74, 6) is -0.271. The molecule has 2 saturated heterocycles. The van der Waals surface area contributed by atoms with Crippen LogP contribution in [0.5, 0.6) is 0 Å². The second-order valence-electron chi connectivity index (χ2n) is 7.70. The van der Waals surface area contributed by atoms with E-state index in [1.165, 1.54) is 6.92 Å². The van der Waals surface area contributed by atoms with E-state index in [-0.39, 0.29) is 29.8 Å². The van der Waals surface area contributed by atoms with Crippen molar-refractivity contribution in [2.24, 2.45) is 0 Å². The van der Waals surface area contributed by atoms with Crippen molar-refractivity contribution in [2.75, 3.05) is 19.6 Å². The number of amides is 3. The molecule has 2 fully saturated rings. The van der Waals surface area contributed by atoms with E-state index >= 15 is 0 Å². The Labute approximate surface area is 169 Å². The van der Waals surface area contributed by atoms with E-state index < -0.39 is 0 Å². The number of carbonyl (C=O) groups is 3. The van der Waals surface area contributed by atoms with Crippen molar-refractivity contribution in [3.8, 4) is 0 Å². The highest BCUT2D eigenvalue weighted by Crippen LogP contribution is 2.19. The van der Waals surface area contributed by atoms with Crippen LogP contribution in [0.1, 0.15) is 35.7 Å². The van der Waals surface area contributed by atoms with Gasteiger partial charge in [-0.1, -0.05) is 30.3 Å². The van der Waals surface area contributed by atoms with Gasteiger partial charge in [0.15, 0.2) is 0 Å². The first kappa shape index (κ1) is 19.2. The lowest BCUT2D eigenvalue weighted by Gasteiger charge is -2.40. The van der Waals surface area contributed by atoms with Gasteiger partial charge in [0.05, 0.1) is 24.3 Å². The van der Waals surface area contributed by atoms with E-state index in [0.29, 0.717) is 38.2 Å². The van der Waals surface area contributed by atoms with Crippen LogP contribution in [0.25, 0.3) is 0 Å². The van der Waals surface area contributed by atoms with Crippen molar-refractivity contribution >= 4 is 17.7 Å². The van der Waals surface area contributed by atoms with Crippen LogP contribution in [0.15, 0.2) is 42.7 Å². The van der Waals surface area contributed by atoms with Gasteiger partial charge in [0.2, 0.25) is 11.8 Å². The average molecular weight is 395 g/mol. The molecule has 8 nitrogen and oxygen atoms in total. The van der Waals surface area contributed by atoms with Gasteiger partial charge in [-0.05, 0) is 18.4 Å². The fourth-order valence-electron chi connectivity index (χ4n) is 3.96. The molecule has 29 heavy (non-hydrogen) atoms. The van der Waals surface area contributed by atoms with Crippen LogP contribution >= 0.6 is 0 Å². The zero-order valence-corrected chi connectivity index (χ0v) is 16.5. The zero-order valence-electron chi connectivity index (χ0n) is 16.5. The molecule has 2 aromatic rings. The van der Waals surface area contributed by atoms with Gasteiger partial charge in [0.1, 0.15) is 6.04 Å². The molecule has 0 aliphatic carbocycles. The van der Waals surface area contributed by atoms with Crippen LogP contribution in [0.2, 0.25) is 0 Å². The molecule has 2 aliphatic rings. The van der Waals surface area contributed by atoms with Gasteiger partial charge in [-0.25, -0.2) is 0 Å². The predicted molar refractivity (Wildman–Crippen MR) is 106 cm³/mol. The van der Waals surface area contributed by atoms with Crippen molar-refractivity contribution in [1.82, 2.24) is 24.9 Å². The molecule has 3 amide bonds. The maximum atomic E-state index is 12.6. The maximum Gasteiger partial charge on any atom is 0.257 e. The van der Waals surface area contributed by atoms with Crippen molar-refractivity contribution in [2.45, 2.75) is 38.4 Å². The monoisotopic (exact) mass is 395 g/mol. The number of hydrogen-bond donors (Lipinski definition) is 1. The molecule has 0 spiro atoms. The second-order valence-corrected chi connectivity index (χ2v) is 7.70. The zero-order chi connectivity index (χ0) is 20.4. The minimum Gasteiger partial charge on any atom is -0.348 e. The van der Waals surface area contributed by atoms with Crippen molar-refractivity contribution in [3.05, 3.63) is 53.9 Å². The molecule has 1 aromatic heterocycles. The highest BCUT2D eigenvalue weighted by atomic mass is 16.2. The fraction of sp³-hybridized carbons (Fsp3) is 0.429. The minimum atomic E-state index is -0.381. The van der Waals surface area contributed by atoms with Crippen LogP contribution in [-0.4, -0.2) is 69.0 Å². The van der Waals surface area contributed by atoms with Gasteiger partial charge >= 0.3 is 0 Å². The van der Waals surface area contributed by atoms with E-state index in [0.717, 1.165) is 12.0 Å². The Balaban J connectivity index is 1.27. The molecule has 3 heterocycles. The molecule has 0 saturated carbocycles. The quantitative estimate of drug-likeness (QED) is 0.814. The number of likely N-dealkylation sites (tertiary alicyclic amines) is 2. The summed E-state index contributed by atoms with van der Waals surface area (Å²) < 4.78 is 1.75. The normalized spacial score (nSPS) is 19.1. The van der Waals surface area contributed by atoms with Gasteiger partial charge in [0.25, 0.3) is 5.91 Å². The Morgan fingerprint density at radius 2 is 1.93 bits per heavy atom. The number of nitrogens with zero attached hydrogens (tertiary/aromatic N) is 4. The van der Waals surface area contributed by atoms with E-state index in [4.69, 9.17) is 0 Å². The Morgan fingerprint density at radius 3 is 2.66 bits per heavy atom. The van der Waals surface area contributed by atoms with Gasteiger partial charge in [-0.3, -0.25) is 19.1 Å². The Kier molecular flexibility index (Phi) is 5.33. The molecule has 0 bridgehead atoms. The number of hydrogen-bond acceptors (Lipinski definition) is 4. The number of aromatic nitrogens is 2. The van der Waals surface area contributed by atoms with Crippen LogP contribution in [0.3, 0.4) is 0 Å². The van der Waals surface area contributed by atoms with Crippen molar-refractivity contribution in [3.63, 3.8) is 0 Å². The SMILES string of the molecule is CC(=O)N1CCC[C@H]1C(=O)NC1CN(C(=O)c2cnn(Cc3ccccc3)c2)C1. The highest BCUT2D eigenvalue weighted by molar-refractivity contribution is 5.94. The lowest BCUT2D eigenvalue weighted by Crippen LogP contribution is -2.62. The van der Waals surface area contributed by atoms with Crippen molar-refractivity contribution in [1.29, 1.82) is 0 Å². The van der Waals surface area contributed by atoms with Crippen molar-refractivity contribution < 1.29 is 14.4 Å². The Bertz CT molecular complexity index is 904. The first-order valence-corrected chi connectivity index (χ1v) is 9.94. The Morgan fingerprint density at radius 1 is 1.17 bits per heavy atom. The van der Waals surface area contributed by atoms with Gasteiger partial charge < -0.3 is 15.1 Å². The van der Waals surface area contributed by atoms with Gasteiger partial charge in [-0.15, -0.1) is 0 Å². The average Bonchev–Trinajstić information content (AvgIpc) is 3.34. The number of nitrogens with one attached hydrogen (secondary N) is 1. The standard InChI is InChI=1S/C21H25N5O3/c1-15(27)26-9-5-8-19(26)20(28)23-18-13-24(14-18)21(29)17-10-22-25(12-17)11-16-6-3-2-4-7-16/h2-4,6-7,10,12,18-19H,5,8-9,11,13-14H2,1H3,(H,23,28)/t19-/m0/s1. The summed E-state index contributed by atoms with van der Waals surface area (Å²) in [7, 11) is 0. The lowest BCUT2D eigenvalue weighted by atomic mass is 10.1.